The Labute approximate surface area is 106 Å². The number of carbonyl (C=O) groups excluding carboxylic acids is 2. The van der Waals surface area contributed by atoms with Crippen molar-refractivity contribution in [3.8, 4) is 0 Å². The second-order valence-electron chi connectivity index (χ2n) is 3.54. The highest BCUT2D eigenvalue weighted by Crippen LogP contribution is 2.10. The molecule has 0 aliphatic heterocycles. The number of ether oxygens (including phenoxy) is 2. The van der Waals surface area contributed by atoms with Crippen molar-refractivity contribution in [2.75, 3.05) is 13.2 Å². The maximum Gasteiger partial charge on any atom is 0.356 e. The van der Waals surface area contributed by atoms with Crippen LogP contribution in [0.1, 0.15) is 47.3 Å². The van der Waals surface area contributed by atoms with E-state index < -0.39 is 11.9 Å². The van der Waals surface area contributed by atoms with Gasteiger partial charge in [-0.15, -0.1) is 0 Å². The fourth-order valence-corrected chi connectivity index (χ4v) is 1.41. The molecule has 0 saturated heterocycles. The van der Waals surface area contributed by atoms with E-state index in [0.29, 0.717) is 6.42 Å². The third kappa shape index (κ3) is 3.55. The fourth-order valence-electron chi connectivity index (χ4n) is 1.41. The first-order valence-electron chi connectivity index (χ1n) is 5.97. The zero-order valence-electron chi connectivity index (χ0n) is 10.9. The van der Waals surface area contributed by atoms with Gasteiger partial charge in [0.2, 0.25) is 0 Å². The molecule has 18 heavy (non-hydrogen) atoms. The van der Waals surface area contributed by atoms with Crippen LogP contribution in [0.15, 0.2) is 12.1 Å². The Morgan fingerprint density at radius 3 is 1.78 bits per heavy atom. The molecule has 0 bridgehead atoms. The Morgan fingerprint density at radius 2 is 1.44 bits per heavy atom. The molecule has 1 aromatic heterocycles. The van der Waals surface area contributed by atoms with E-state index in [2.05, 4.69) is 4.98 Å². The van der Waals surface area contributed by atoms with Gasteiger partial charge in [0, 0.05) is 0 Å². The number of hydrogen-bond acceptors (Lipinski definition) is 5. The number of aromatic nitrogens is 1. The van der Waals surface area contributed by atoms with Crippen LogP contribution in [0.2, 0.25) is 0 Å². The molecule has 0 aliphatic rings. The highest BCUT2D eigenvalue weighted by Gasteiger charge is 2.15. The van der Waals surface area contributed by atoms with Crippen LogP contribution in [0.5, 0.6) is 0 Å². The van der Waals surface area contributed by atoms with E-state index in [1.807, 2.05) is 6.92 Å². The van der Waals surface area contributed by atoms with E-state index in [-0.39, 0.29) is 24.6 Å². The summed E-state index contributed by atoms with van der Waals surface area (Å²) >= 11 is 0. The summed E-state index contributed by atoms with van der Waals surface area (Å²) < 4.78 is 9.74. The number of nitrogens with zero attached hydrogens (tertiary/aromatic N) is 1. The van der Waals surface area contributed by atoms with Crippen molar-refractivity contribution in [2.45, 2.75) is 27.2 Å². The zero-order chi connectivity index (χ0) is 13.5. The molecule has 0 unspecified atom stereocenters. The highest BCUT2D eigenvalue weighted by atomic mass is 16.5. The van der Waals surface area contributed by atoms with Crippen LogP contribution in [0.4, 0.5) is 0 Å². The first kappa shape index (κ1) is 14.2. The zero-order valence-corrected chi connectivity index (χ0v) is 10.9. The van der Waals surface area contributed by atoms with E-state index in [1.54, 1.807) is 26.0 Å². The van der Waals surface area contributed by atoms with Crippen molar-refractivity contribution in [1.29, 1.82) is 0 Å². The lowest BCUT2D eigenvalue weighted by Crippen LogP contribution is -2.13. The molecule has 0 N–H and O–H groups in total. The van der Waals surface area contributed by atoms with Crippen LogP contribution in [0.25, 0.3) is 0 Å². The lowest BCUT2D eigenvalue weighted by molar-refractivity contribution is 0.0511. The molecule has 5 nitrogen and oxygen atoms in total. The molecule has 1 heterocycles. The molecule has 0 saturated carbocycles. The lowest BCUT2D eigenvalue weighted by atomic mass is 10.1. The van der Waals surface area contributed by atoms with Gasteiger partial charge in [-0.05, 0) is 38.0 Å². The Hall–Kier alpha value is -1.91. The summed E-state index contributed by atoms with van der Waals surface area (Å²) in [7, 11) is 0. The van der Waals surface area contributed by atoms with E-state index in [4.69, 9.17) is 9.47 Å². The van der Waals surface area contributed by atoms with Crippen LogP contribution in [-0.2, 0) is 15.9 Å². The maximum atomic E-state index is 11.6. The molecule has 98 valence electrons. The minimum atomic E-state index is -0.529. The molecule has 0 aromatic carbocycles. The van der Waals surface area contributed by atoms with Gasteiger partial charge in [0.25, 0.3) is 0 Å². The first-order valence-corrected chi connectivity index (χ1v) is 5.97. The predicted molar refractivity (Wildman–Crippen MR) is 65.5 cm³/mol. The Bertz CT molecular complexity index is 406. The summed E-state index contributed by atoms with van der Waals surface area (Å²) in [6, 6.07) is 3.25. The van der Waals surface area contributed by atoms with E-state index in [1.165, 1.54) is 0 Å². The summed E-state index contributed by atoms with van der Waals surface area (Å²) in [6.45, 7) is 5.90. The van der Waals surface area contributed by atoms with Gasteiger partial charge in [0.1, 0.15) is 11.4 Å². The molecule has 0 radical (unpaired) electrons. The Balaban J connectivity index is 3.08. The summed E-state index contributed by atoms with van der Waals surface area (Å²) in [5, 5.41) is 0. The average Bonchev–Trinajstić information content (AvgIpc) is 2.38. The van der Waals surface area contributed by atoms with Gasteiger partial charge in [-0.1, -0.05) is 6.92 Å². The number of aryl methyl sites for hydroxylation is 1. The molecule has 0 spiro atoms. The number of hydrogen-bond donors (Lipinski definition) is 0. The minimum Gasteiger partial charge on any atom is -0.461 e. The molecular formula is C13H17NO4. The monoisotopic (exact) mass is 251 g/mol. The van der Waals surface area contributed by atoms with Gasteiger partial charge in [0.15, 0.2) is 0 Å². The van der Waals surface area contributed by atoms with E-state index >= 15 is 0 Å². The van der Waals surface area contributed by atoms with Crippen LogP contribution in [-0.4, -0.2) is 30.1 Å². The number of pyridine rings is 1. The van der Waals surface area contributed by atoms with Crippen LogP contribution < -0.4 is 0 Å². The lowest BCUT2D eigenvalue weighted by Gasteiger charge is -2.07. The molecule has 1 rings (SSSR count). The molecular weight excluding hydrogens is 234 g/mol. The molecule has 1 aromatic rings. The second kappa shape index (κ2) is 6.74. The summed E-state index contributed by atoms with van der Waals surface area (Å²) in [5.41, 5.74) is 1.12. The molecule has 0 aliphatic carbocycles. The van der Waals surface area contributed by atoms with Crippen molar-refractivity contribution in [1.82, 2.24) is 4.98 Å². The smallest absolute Gasteiger partial charge is 0.356 e. The second-order valence-corrected chi connectivity index (χ2v) is 3.54. The molecule has 5 heteroatoms. The van der Waals surface area contributed by atoms with Crippen molar-refractivity contribution in [3.05, 3.63) is 29.1 Å². The average molecular weight is 251 g/mol. The van der Waals surface area contributed by atoms with Gasteiger partial charge in [-0.25, -0.2) is 14.6 Å². The van der Waals surface area contributed by atoms with Gasteiger partial charge < -0.3 is 9.47 Å². The van der Waals surface area contributed by atoms with E-state index in [9.17, 15) is 9.59 Å². The topological polar surface area (TPSA) is 65.5 Å². The minimum absolute atomic E-state index is 0.138. The van der Waals surface area contributed by atoms with Crippen molar-refractivity contribution < 1.29 is 19.1 Å². The third-order valence-electron chi connectivity index (χ3n) is 2.26. The van der Waals surface area contributed by atoms with Crippen molar-refractivity contribution in [3.63, 3.8) is 0 Å². The van der Waals surface area contributed by atoms with Crippen molar-refractivity contribution >= 4 is 11.9 Å². The van der Waals surface area contributed by atoms with Gasteiger partial charge in [-0.2, -0.15) is 0 Å². The number of esters is 2. The SMILES string of the molecule is CCOC(=O)c1cc(CC)cc(C(=O)OCC)n1. The first-order chi connectivity index (χ1) is 8.62. The van der Waals surface area contributed by atoms with Gasteiger partial charge in [-0.3, -0.25) is 0 Å². The highest BCUT2D eigenvalue weighted by molar-refractivity contribution is 5.91. The summed E-state index contributed by atoms with van der Waals surface area (Å²) in [6.07, 6.45) is 0.696. The van der Waals surface area contributed by atoms with Crippen LogP contribution in [0, 0.1) is 0 Å². The molecule has 0 amide bonds. The van der Waals surface area contributed by atoms with Gasteiger partial charge >= 0.3 is 11.9 Å². The Kier molecular flexibility index (Phi) is 5.30. The summed E-state index contributed by atoms with van der Waals surface area (Å²) in [5.74, 6) is -1.06. The molecule has 0 fully saturated rings. The largest absolute Gasteiger partial charge is 0.461 e. The molecule has 0 atom stereocenters. The van der Waals surface area contributed by atoms with Crippen LogP contribution >= 0.6 is 0 Å². The number of rotatable bonds is 5. The maximum absolute atomic E-state index is 11.6. The third-order valence-corrected chi connectivity index (χ3v) is 2.26. The van der Waals surface area contributed by atoms with E-state index in [0.717, 1.165) is 5.56 Å². The standard InChI is InChI=1S/C13H17NO4/c1-4-9-7-10(12(15)17-5-2)14-11(8-9)13(16)18-6-3/h7-8H,4-6H2,1-3H3. The Morgan fingerprint density at radius 1 is 1.00 bits per heavy atom. The normalized spacial score (nSPS) is 9.94. The quantitative estimate of drug-likeness (QED) is 0.749. The van der Waals surface area contributed by atoms with Gasteiger partial charge in [0.05, 0.1) is 13.2 Å². The predicted octanol–water partition coefficient (Wildman–Crippen LogP) is 2.00. The summed E-state index contributed by atoms with van der Waals surface area (Å²) in [4.78, 5) is 27.2. The number of carbonyl (C=O) groups is 2. The van der Waals surface area contributed by atoms with Crippen molar-refractivity contribution in [2.24, 2.45) is 0 Å². The van der Waals surface area contributed by atoms with Crippen LogP contribution in [0.3, 0.4) is 0 Å². The fraction of sp³-hybridized carbons (Fsp3) is 0.462.